The van der Waals surface area contributed by atoms with Crippen molar-refractivity contribution in [3.8, 4) is 0 Å². The molecule has 6 nitrogen and oxygen atoms in total. The number of hydroxylamine groups is 2. The number of rotatable bonds is 7. The highest BCUT2D eigenvalue weighted by Crippen LogP contribution is 2.49. The van der Waals surface area contributed by atoms with Gasteiger partial charge in [-0.1, -0.05) is 45.6 Å². The highest BCUT2D eigenvalue weighted by molar-refractivity contribution is 7.17. The van der Waals surface area contributed by atoms with E-state index in [9.17, 15) is 28.4 Å². The lowest BCUT2D eigenvalue weighted by molar-refractivity contribution is -1.24. The van der Waals surface area contributed by atoms with Crippen molar-refractivity contribution in [3.05, 3.63) is 65.2 Å². The molecule has 1 unspecified atom stereocenters. The van der Waals surface area contributed by atoms with E-state index in [4.69, 9.17) is 0 Å². The molecule has 4 N–H and O–H groups in total. The van der Waals surface area contributed by atoms with Crippen molar-refractivity contribution in [3.63, 3.8) is 0 Å². The zero-order valence-corrected chi connectivity index (χ0v) is 19.2. The van der Waals surface area contributed by atoms with E-state index < -0.39 is 33.3 Å². The lowest BCUT2D eigenvalue weighted by atomic mass is 9.64. The van der Waals surface area contributed by atoms with Gasteiger partial charge in [-0.2, -0.15) is 24.6 Å². The largest absolute Gasteiger partial charge is 0.347 e. The molecule has 10 heteroatoms. The Bertz CT molecular complexity index is 1010. The first-order valence-electron chi connectivity index (χ1n) is 10.9. The SMILES string of the molecule is O=C(NC12CCC(F)(CC1)CC2)c1cc(C(F)(F)P)ccc1N[N+](O)(O)Cc1ccccc1. The first-order chi connectivity index (χ1) is 15.4. The lowest BCUT2D eigenvalue weighted by Crippen LogP contribution is -2.57. The van der Waals surface area contributed by atoms with Crippen molar-refractivity contribution in [2.24, 2.45) is 0 Å². The Balaban J connectivity index is 1.60. The van der Waals surface area contributed by atoms with Crippen LogP contribution < -0.4 is 10.7 Å². The summed E-state index contributed by atoms with van der Waals surface area (Å²) >= 11 is 0. The summed E-state index contributed by atoms with van der Waals surface area (Å²) in [4.78, 5) is 11.6. The van der Waals surface area contributed by atoms with E-state index in [1.54, 1.807) is 30.3 Å². The first-order valence-corrected chi connectivity index (χ1v) is 11.5. The number of quaternary nitrogens is 1. The molecule has 0 heterocycles. The van der Waals surface area contributed by atoms with Crippen LogP contribution in [0.15, 0.2) is 48.5 Å². The van der Waals surface area contributed by atoms with Crippen LogP contribution in [-0.4, -0.2) is 32.4 Å². The third-order valence-corrected chi connectivity index (χ3v) is 7.06. The van der Waals surface area contributed by atoms with Gasteiger partial charge in [0.2, 0.25) is 0 Å². The summed E-state index contributed by atoms with van der Waals surface area (Å²) < 4.78 is 42.5. The van der Waals surface area contributed by atoms with E-state index in [1.165, 1.54) is 15.3 Å². The summed E-state index contributed by atoms with van der Waals surface area (Å²) in [6, 6.07) is 12.0. The maximum atomic E-state index is 14.5. The van der Waals surface area contributed by atoms with Crippen LogP contribution in [0.5, 0.6) is 0 Å². The maximum Gasteiger partial charge on any atom is 0.283 e. The van der Waals surface area contributed by atoms with E-state index >= 15 is 0 Å². The monoisotopic (exact) mass is 482 g/mol. The molecule has 2 bridgehead atoms. The van der Waals surface area contributed by atoms with Crippen molar-refractivity contribution in [1.29, 1.82) is 0 Å². The van der Waals surface area contributed by atoms with E-state index in [0.29, 0.717) is 44.1 Å². The number of carbonyl (C=O) groups excluding carboxylic acids is 1. The average molecular weight is 482 g/mol. The molecule has 3 aliphatic rings. The molecule has 0 aromatic heterocycles. The van der Waals surface area contributed by atoms with Gasteiger partial charge in [-0.05, 0) is 50.7 Å². The number of halogens is 3. The van der Waals surface area contributed by atoms with Crippen LogP contribution in [0.25, 0.3) is 0 Å². The Hall–Kier alpha value is -2.19. The quantitative estimate of drug-likeness (QED) is 0.246. The van der Waals surface area contributed by atoms with Crippen LogP contribution in [-0.2, 0) is 12.2 Å². The summed E-state index contributed by atoms with van der Waals surface area (Å²) in [6.07, 6.45) is 2.49. The summed E-state index contributed by atoms with van der Waals surface area (Å²) in [5, 5.41) is 23.9. The van der Waals surface area contributed by atoms with Gasteiger partial charge in [-0.3, -0.25) is 4.79 Å². The molecule has 33 heavy (non-hydrogen) atoms. The molecule has 3 aliphatic carbocycles. The number of fused-ring (bicyclic) bond motifs is 3. The van der Waals surface area contributed by atoms with Gasteiger partial charge in [-0.25, -0.2) is 4.39 Å². The van der Waals surface area contributed by atoms with Crippen molar-refractivity contribution in [1.82, 2.24) is 5.32 Å². The second-order valence-corrected chi connectivity index (χ2v) is 9.98. The second-order valence-electron chi connectivity index (χ2n) is 9.25. The molecule has 1 amide bonds. The summed E-state index contributed by atoms with van der Waals surface area (Å²) in [6.45, 7) is -0.258. The maximum absolute atomic E-state index is 14.5. The number of alkyl halides is 3. The topological polar surface area (TPSA) is 81.6 Å². The molecule has 0 spiro atoms. The van der Waals surface area contributed by atoms with E-state index in [1.807, 2.05) is 0 Å². The molecular formula is C23H28F3N3O3P+. The van der Waals surface area contributed by atoms with Gasteiger partial charge in [0.25, 0.3) is 11.6 Å². The highest BCUT2D eigenvalue weighted by atomic mass is 31.0. The molecule has 0 aliphatic heterocycles. The highest BCUT2D eigenvalue weighted by Gasteiger charge is 2.50. The molecule has 2 aromatic carbocycles. The van der Waals surface area contributed by atoms with E-state index in [0.717, 1.165) is 12.1 Å². The van der Waals surface area contributed by atoms with Crippen molar-refractivity contribution in [2.45, 2.75) is 61.9 Å². The standard InChI is InChI=1S/C23H27F3N3O3P/c24-21-8-11-22(12-9-21,13-10-21)27-20(30)18-14-17(23(25,26)33)6-7-19(18)28-29(31,32)15-16-4-2-1-3-5-16/h1-7,14,31-32H,8-13,15,33H2,(H-,27,28,30)/p+1. The van der Waals surface area contributed by atoms with Crippen LogP contribution in [0.4, 0.5) is 18.9 Å². The zero-order valence-electron chi connectivity index (χ0n) is 18.0. The lowest BCUT2D eigenvalue weighted by Gasteiger charge is -2.50. The van der Waals surface area contributed by atoms with Gasteiger partial charge in [-0.15, -0.1) is 0 Å². The predicted octanol–water partition coefficient (Wildman–Crippen LogP) is 5.28. The Labute approximate surface area is 192 Å². The van der Waals surface area contributed by atoms with Gasteiger partial charge < -0.3 is 5.32 Å². The van der Waals surface area contributed by atoms with Crippen LogP contribution in [0.3, 0.4) is 0 Å². The number of benzene rings is 2. The molecule has 2 aromatic rings. The van der Waals surface area contributed by atoms with Crippen LogP contribution in [0.1, 0.15) is 60.0 Å². The minimum Gasteiger partial charge on any atom is -0.347 e. The van der Waals surface area contributed by atoms with Gasteiger partial charge in [0, 0.05) is 16.7 Å². The summed E-state index contributed by atoms with van der Waals surface area (Å²) in [5.74, 6) is -0.624. The number of nitrogens with one attached hydrogen (secondary N) is 2. The predicted molar refractivity (Wildman–Crippen MR) is 119 cm³/mol. The third-order valence-electron chi connectivity index (χ3n) is 6.73. The molecule has 1 atom stereocenters. The molecular weight excluding hydrogens is 454 g/mol. The molecule has 3 fully saturated rings. The molecule has 3 saturated carbocycles. The molecule has 5 rings (SSSR count). The van der Waals surface area contributed by atoms with Gasteiger partial charge in [0.15, 0.2) is 6.54 Å². The minimum absolute atomic E-state index is 0.0192. The normalized spacial score (nSPS) is 25.0. The zero-order chi connectivity index (χ0) is 23.9. The van der Waals surface area contributed by atoms with Crippen LogP contribution >= 0.6 is 9.24 Å². The Morgan fingerprint density at radius 1 is 1.03 bits per heavy atom. The number of anilines is 1. The van der Waals surface area contributed by atoms with Gasteiger partial charge >= 0.3 is 0 Å². The number of carbonyl (C=O) groups is 1. The molecule has 0 radical (unpaired) electrons. The van der Waals surface area contributed by atoms with Crippen molar-refractivity contribution >= 4 is 20.8 Å². The number of hydrogen-bond acceptors (Lipinski definition) is 4. The average Bonchev–Trinajstić information content (AvgIpc) is 2.74. The second kappa shape index (κ2) is 8.55. The smallest absolute Gasteiger partial charge is 0.283 e. The Kier molecular flexibility index (Phi) is 6.20. The van der Waals surface area contributed by atoms with Gasteiger partial charge in [0.1, 0.15) is 11.4 Å². The van der Waals surface area contributed by atoms with Gasteiger partial charge in [0.05, 0.1) is 10.5 Å². The molecule has 178 valence electrons. The minimum atomic E-state index is -3.27. The molecule has 0 saturated heterocycles. The van der Waals surface area contributed by atoms with E-state index in [-0.39, 0.29) is 17.8 Å². The fourth-order valence-electron chi connectivity index (χ4n) is 4.74. The van der Waals surface area contributed by atoms with Crippen molar-refractivity contribution < 1.29 is 33.3 Å². The van der Waals surface area contributed by atoms with Crippen LogP contribution in [0.2, 0.25) is 0 Å². The van der Waals surface area contributed by atoms with Crippen LogP contribution in [0, 0.1) is 0 Å². The number of amides is 1. The first kappa shape index (κ1) is 24.0. The number of nitrogens with zero attached hydrogens (tertiary/aromatic N) is 1. The Morgan fingerprint density at radius 2 is 1.64 bits per heavy atom. The summed E-state index contributed by atoms with van der Waals surface area (Å²) in [7, 11) is 1.43. The fourth-order valence-corrected chi connectivity index (χ4v) is 4.92. The third kappa shape index (κ3) is 5.49. The summed E-state index contributed by atoms with van der Waals surface area (Å²) in [5.41, 5.74) is -2.56. The Morgan fingerprint density at radius 3 is 2.21 bits per heavy atom. The van der Waals surface area contributed by atoms with Crippen molar-refractivity contribution in [2.75, 3.05) is 5.43 Å². The fraction of sp³-hybridized carbons (Fsp3) is 0.435. The van der Waals surface area contributed by atoms with E-state index in [2.05, 4.69) is 10.7 Å². The number of hydrogen-bond donors (Lipinski definition) is 4.